The van der Waals surface area contributed by atoms with E-state index in [0.29, 0.717) is 0 Å². The molecule has 1 aromatic carbocycles. The molecule has 2 unspecified atom stereocenters. The number of benzene rings is 1. The number of rotatable bonds is 4. The summed E-state index contributed by atoms with van der Waals surface area (Å²) in [5, 5.41) is 9.56. The van der Waals surface area contributed by atoms with Crippen LogP contribution in [-0.4, -0.2) is 17.4 Å². The molecule has 1 aromatic rings. The van der Waals surface area contributed by atoms with Gasteiger partial charge in [0.2, 0.25) is 0 Å². The van der Waals surface area contributed by atoms with Gasteiger partial charge in [0.25, 0.3) is 0 Å². The zero-order chi connectivity index (χ0) is 13.2. The maximum atomic E-state index is 9.56. The van der Waals surface area contributed by atoms with E-state index in [9.17, 15) is 5.11 Å². The minimum absolute atomic E-state index is 0.165. The van der Waals surface area contributed by atoms with Crippen molar-refractivity contribution in [2.45, 2.75) is 47.0 Å². The quantitative estimate of drug-likeness (QED) is 0.790. The molecule has 0 aromatic heterocycles. The predicted molar refractivity (Wildman–Crippen MR) is 70.0 cm³/mol. The number of para-hydroxylation sites is 1. The summed E-state index contributed by atoms with van der Waals surface area (Å²) in [5.41, 5.74) is 7.28. The van der Waals surface area contributed by atoms with Crippen molar-refractivity contribution in [1.82, 2.24) is 0 Å². The highest BCUT2D eigenvalue weighted by Crippen LogP contribution is 2.30. The molecule has 2 atom stereocenters. The van der Waals surface area contributed by atoms with Crippen LogP contribution < -0.4 is 10.5 Å². The van der Waals surface area contributed by atoms with Crippen molar-refractivity contribution in [3.63, 3.8) is 0 Å². The molecule has 3 N–H and O–H groups in total. The molecular formula is C14H23NO2. The molecule has 0 aliphatic rings. The lowest BCUT2D eigenvalue weighted by atomic mass is 9.85. The Morgan fingerprint density at radius 2 is 1.71 bits per heavy atom. The number of hydrogen-bond acceptors (Lipinski definition) is 3. The minimum Gasteiger partial charge on any atom is -0.489 e. The van der Waals surface area contributed by atoms with Gasteiger partial charge >= 0.3 is 0 Å². The van der Waals surface area contributed by atoms with Crippen LogP contribution in [0.25, 0.3) is 0 Å². The summed E-state index contributed by atoms with van der Waals surface area (Å²) in [7, 11) is 0. The molecule has 0 aliphatic heterocycles. The topological polar surface area (TPSA) is 55.5 Å². The van der Waals surface area contributed by atoms with Gasteiger partial charge in [-0.3, -0.25) is 0 Å². The maximum Gasteiger partial charge on any atom is 0.125 e. The Morgan fingerprint density at radius 3 is 2.12 bits per heavy atom. The molecule has 0 heterocycles. The van der Waals surface area contributed by atoms with E-state index in [1.807, 2.05) is 52.8 Å². The molecule has 96 valence electrons. The lowest BCUT2D eigenvalue weighted by Gasteiger charge is -2.34. The Hall–Kier alpha value is -1.06. The molecule has 0 spiro atoms. The van der Waals surface area contributed by atoms with Crippen LogP contribution in [0.15, 0.2) is 18.2 Å². The van der Waals surface area contributed by atoms with E-state index in [4.69, 9.17) is 10.5 Å². The maximum absolute atomic E-state index is 9.56. The van der Waals surface area contributed by atoms with Gasteiger partial charge in [-0.15, -0.1) is 0 Å². The van der Waals surface area contributed by atoms with Crippen molar-refractivity contribution in [1.29, 1.82) is 0 Å². The number of ether oxygens (including phenoxy) is 1. The zero-order valence-electron chi connectivity index (χ0n) is 11.3. The highest BCUT2D eigenvalue weighted by molar-refractivity contribution is 5.39. The Labute approximate surface area is 104 Å². The average Bonchev–Trinajstić information content (AvgIpc) is 2.23. The van der Waals surface area contributed by atoms with E-state index >= 15 is 0 Å². The summed E-state index contributed by atoms with van der Waals surface area (Å²) in [4.78, 5) is 0. The molecule has 1 rings (SSSR count). The van der Waals surface area contributed by atoms with Crippen LogP contribution in [0.4, 0.5) is 0 Å². The predicted octanol–water partition coefficient (Wildman–Crippen LogP) is 2.37. The summed E-state index contributed by atoms with van der Waals surface area (Å²) >= 11 is 0. The Bertz CT molecular complexity index is 366. The summed E-state index contributed by atoms with van der Waals surface area (Å²) < 4.78 is 5.96. The standard InChI is InChI=1S/C14H23NO2/c1-9-7-6-8-10(2)12(9)17-11(3)14(4,5)13(15)16/h6-8,11,13,16H,15H2,1-5H3. The first-order valence-corrected chi connectivity index (χ1v) is 5.93. The molecule has 3 heteroatoms. The zero-order valence-corrected chi connectivity index (χ0v) is 11.3. The summed E-state index contributed by atoms with van der Waals surface area (Å²) in [6.45, 7) is 9.76. The molecule has 0 radical (unpaired) electrons. The summed E-state index contributed by atoms with van der Waals surface area (Å²) in [5.74, 6) is 0.883. The van der Waals surface area contributed by atoms with Crippen LogP contribution in [0.5, 0.6) is 5.75 Å². The third kappa shape index (κ3) is 2.99. The molecule has 0 aliphatic carbocycles. The third-order valence-electron chi connectivity index (χ3n) is 3.51. The summed E-state index contributed by atoms with van der Waals surface area (Å²) in [6.07, 6.45) is -1.07. The number of nitrogens with two attached hydrogens (primary N) is 1. The molecule has 0 bridgehead atoms. The Balaban J connectivity index is 2.92. The monoisotopic (exact) mass is 237 g/mol. The summed E-state index contributed by atoms with van der Waals surface area (Å²) in [6, 6.07) is 6.03. The average molecular weight is 237 g/mol. The van der Waals surface area contributed by atoms with Crippen molar-refractivity contribution in [3.8, 4) is 5.75 Å². The lowest BCUT2D eigenvalue weighted by Crippen LogP contribution is -2.46. The molecular weight excluding hydrogens is 214 g/mol. The van der Waals surface area contributed by atoms with Crippen LogP contribution in [0.1, 0.15) is 31.9 Å². The SMILES string of the molecule is Cc1cccc(C)c1OC(C)C(C)(C)C(N)O. The van der Waals surface area contributed by atoms with Gasteiger partial charge < -0.3 is 15.6 Å². The first-order valence-electron chi connectivity index (χ1n) is 5.93. The van der Waals surface area contributed by atoms with E-state index < -0.39 is 11.6 Å². The van der Waals surface area contributed by atoms with E-state index in [1.165, 1.54) is 0 Å². The van der Waals surface area contributed by atoms with Gasteiger partial charge in [0.05, 0.1) is 0 Å². The van der Waals surface area contributed by atoms with Gasteiger partial charge in [-0.25, -0.2) is 0 Å². The molecule has 3 nitrogen and oxygen atoms in total. The van der Waals surface area contributed by atoms with E-state index in [1.54, 1.807) is 0 Å². The van der Waals surface area contributed by atoms with Crippen LogP contribution in [0, 0.1) is 19.3 Å². The van der Waals surface area contributed by atoms with Crippen molar-refractivity contribution >= 4 is 0 Å². The smallest absolute Gasteiger partial charge is 0.125 e. The first-order chi connectivity index (χ1) is 7.76. The third-order valence-corrected chi connectivity index (χ3v) is 3.51. The molecule has 0 saturated heterocycles. The fraction of sp³-hybridized carbons (Fsp3) is 0.571. The van der Waals surface area contributed by atoms with Gasteiger partial charge in [0.15, 0.2) is 0 Å². The van der Waals surface area contributed by atoms with Crippen molar-refractivity contribution < 1.29 is 9.84 Å². The largest absolute Gasteiger partial charge is 0.489 e. The lowest BCUT2D eigenvalue weighted by molar-refractivity contribution is -0.0236. The van der Waals surface area contributed by atoms with Gasteiger partial charge in [-0.05, 0) is 31.9 Å². The van der Waals surface area contributed by atoms with E-state index in [-0.39, 0.29) is 6.10 Å². The Morgan fingerprint density at radius 1 is 1.24 bits per heavy atom. The van der Waals surface area contributed by atoms with Crippen LogP contribution in [-0.2, 0) is 0 Å². The van der Waals surface area contributed by atoms with Crippen LogP contribution >= 0.6 is 0 Å². The fourth-order valence-electron chi connectivity index (χ4n) is 1.55. The highest BCUT2D eigenvalue weighted by atomic mass is 16.5. The normalized spacial score (nSPS) is 15.5. The number of aryl methyl sites for hydroxylation is 2. The van der Waals surface area contributed by atoms with Gasteiger partial charge in [-0.2, -0.15) is 0 Å². The van der Waals surface area contributed by atoms with Gasteiger partial charge in [-0.1, -0.05) is 32.0 Å². The van der Waals surface area contributed by atoms with E-state index in [2.05, 4.69) is 0 Å². The van der Waals surface area contributed by atoms with Crippen molar-refractivity contribution in [2.24, 2.45) is 11.1 Å². The molecule has 0 amide bonds. The van der Waals surface area contributed by atoms with Gasteiger partial charge in [0, 0.05) is 5.41 Å². The minimum atomic E-state index is -0.901. The molecule has 0 fully saturated rings. The molecule has 0 saturated carbocycles. The second kappa shape index (κ2) is 5.07. The first kappa shape index (κ1) is 14.0. The van der Waals surface area contributed by atoms with E-state index in [0.717, 1.165) is 16.9 Å². The second-order valence-corrected chi connectivity index (χ2v) is 5.25. The van der Waals surface area contributed by atoms with Crippen molar-refractivity contribution in [3.05, 3.63) is 29.3 Å². The number of aliphatic hydroxyl groups is 1. The van der Waals surface area contributed by atoms with Crippen LogP contribution in [0.2, 0.25) is 0 Å². The number of hydrogen-bond donors (Lipinski definition) is 2. The number of aliphatic hydroxyl groups excluding tert-OH is 1. The Kier molecular flexibility index (Phi) is 4.17. The van der Waals surface area contributed by atoms with Gasteiger partial charge in [0.1, 0.15) is 18.1 Å². The highest BCUT2D eigenvalue weighted by Gasteiger charge is 2.33. The molecule has 17 heavy (non-hydrogen) atoms. The second-order valence-electron chi connectivity index (χ2n) is 5.25. The van der Waals surface area contributed by atoms with Crippen LogP contribution in [0.3, 0.4) is 0 Å². The fourth-order valence-corrected chi connectivity index (χ4v) is 1.55. The van der Waals surface area contributed by atoms with Crippen molar-refractivity contribution in [2.75, 3.05) is 0 Å².